The Balaban J connectivity index is 2.16. The second kappa shape index (κ2) is 6.06. The van der Waals surface area contributed by atoms with Crippen LogP contribution in [0.1, 0.15) is 16.7 Å². The molecule has 0 aliphatic heterocycles. The fraction of sp³-hybridized carbons (Fsp3) is 0.267. The number of methoxy groups -OCH3 is 1. The third-order valence-corrected chi connectivity index (χ3v) is 3.49. The summed E-state index contributed by atoms with van der Waals surface area (Å²) in [6.07, 6.45) is 3.64. The third kappa shape index (κ3) is 3.26. The van der Waals surface area contributed by atoms with Crippen molar-refractivity contribution in [2.75, 3.05) is 12.4 Å². The topological polar surface area (TPSA) is 34.1 Å². The van der Waals surface area contributed by atoms with Crippen molar-refractivity contribution in [3.05, 3.63) is 51.8 Å². The van der Waals surface area contributed by atoms with E-state index in [0.29, 0.717) is 0 Å². The highest BCUT2D eigenvalue weighted by molar-refractivity contribution is 9.10. The van der Waals surface area contributed by atoms with Crippen molar-refractivity contribution in [3.63, 3.8) is 0 Å². The summed E-state index contributed by atoms with van der Waals surface area (Å²) in [7, 11) is 1.71. The molecule has 1 heterocycles. The number of hydrogen-bond donors (Lipinski definition) is 1. The summed E-state index contributed by atoms with van der Waals surface area (Å²) >= 11 is 3.42. The fourth-order valence-electron chi connectivity index (χ4n) is 2.08. The monoisotopic (exact) mass is 320 g/mol. The first-order valence-corrected chi connectivity index (χ1v) is 6.88. The number of benzene rings is 1. The Kier molecular flexibility index (Phi) is 4.43. The largest absolute Gasteiger partial charge is 0.496 e. The van der Waals surface area contributed by atoms with Gasteiger partial charge in [0.05, 0.1) is 7.11 Å². The molecule has 100 valence electrons. The molecule has 19 heavy (non-hydrogen) atoms. The molecule has 0 unspecified atom stereocenters. The number of anilines is 1. The Morgan fingerprint density at radius 2 is 2.05 bits per heavy atom. The SMILES string of the molecule is COc1c(C)ccc(NCc2cncc(Br)c2)c1C. The molecule has 1 aromatic heterocycles. The zero-order chi connectivity index (χ0) is 13.8. The number of aromatic nitrogens is 1. The van der Waals surface area contributed by atoms with Gasteiger partial charge in [-0.15, -0.1) is 0 Å². The maximum absolute atomic E-state index is 5.43. The number of rotatable bonds is 4. The molecule has 4 heteroatoms. The van der Waals surface area contributed by atoms with Crippen molar-refractivity contribution >= 4 is 21.6 Å². The minimum Gasteiger partial charge on any atom is -0.496 e. The van der Waals surface area contributed by atoms with Gasteiger partial charge < -0.3 is 10.1 Å². The van der Waals surface area contributed by atoms with Crippen LogP contribution in [0, 0.1) is 13.8 Å². The van der Waals surface area contributed by atoms with Crippen molar-refractivity contribution in [1.82, 2.24) is 4.98 Å². The minimum atomic E-state index is 0.736. The lowest BCUT2D eigenvalue weighted by Gasteiger charge is -2.14. The van der Waals surface area contributed by atoms with Crippen LogP contribution in [0.4, 0.5) is 5.69 Å². The molecule has 0 amide bonds. The zero-order valence-corrected chi connectivity index (χ0v) is 12.9. The van der Waals surface area contributed by atoms with Crippen molar-refractivity contribution in [2.45, 2.75) is 20.4 Å². The first-order valence-electron chi connectivity index (χ1n) is 6.09. The Morgan fingerprint density at radius 3 is 2.74 bits per heavy atom. The van der Waals surface area contributed by atoms with Crippen LogP contribution in [-0.2, 0) is 6.54 Å². The first-order chi connectivity index (χ1) is 9.11. The molecule has 3 nitrogen and oxygen atoms in total. The summed E-state index contributed by atoms with van der Waals surface area (Å²) in [5.41, 5.74) is 4.50. The number of hydrogen-bond acceptors (Lipinski definition) is 3. The fourth-order valence-corrected chi connectivity index (χ4v) is 2.49. The van der Waals surface area contributed by atoms with E-state index in [1.54, 1.807) is 13.3 Å². The molecule has 0 bridgehead atoms. The van der Waals surface area contributed by atoms with Crippen LogP contribution in [0.5, 0.6) is 5.75 Å². The van der Waals surface area contributed by atoms with Gasteiger partial charge in [0.1, 0.15) is 5.75 Å². The molecule has 0 aliphatic carbocycles. The summed E-state index contributed by atoms with van der Waals surface area (Å²) < 4.78 is 6.42. The summed E-state index contributed by atoms with van der Waals surface area (Å²) in [5, 5.41) is 3.42. The predicted octanol–water partition coefficient (Wildman–Crippen LogP) is 4.08. The molecule has 0 radical (unpaired) electrons. The van der Waals surface area contributed by atoms with E-state index in [1.165, 1.54) is 0 Å². The number of aryl methyl sites for hydroxylation is 1. The van der Waals surface area contributed by atoms with Crippen LogP contribution in [-0.4, -0.2) is 12.1 Å². The molecule has 0 saturated heterocycles. The van der Waals surface area contributed by atoms with Gasteiger partial charge in [0.2, 0.25) is 0 Å². The molecular weight excluding hydrogens is 304 g/mol. The molecule has 1 aromatic carbocycles. The maximum atomic E-state index is 5.43. The lowest BCUT2D eigenvalue weighted by atomic mass is 10.1. The third-order valence-electron chi connectivity index (χ3n) is 3.05. The number of nitrogens with one attached hydrogen (secondary N) is 1. The van der Waals surface area contributed by atoms with Crippen molar-refractivity contribution in [2.24, 2.45) is 0 Å². The normalized spacial score (nSPS) is 10.3. The summed E-state index contributed by atoms with van der Waals surface area (Å²) in [5.74, 6) is 0.942. The molecule has 0 atom stereocenters. The van der Waals surface area contributed by atoms with Gasteiger partial charge in [-0.1, -0.05) is 6.07 Å². The second-order valence-electron chi connectivity index (χ2n) is 4.45. The lowest BCUT2D eigenvalue weighted by molar-refractivity contribution is 0.409. The number of ether oxygens (including phenoxy) is 1. The zero-order valence-electron chi connectivity index (χ0n) is 11.3. The molecule has 2 rings (SSSR count). The Morgan fingerprint density at radius 1 is 1.26 bits per heavy atom. The Labute approximate surface area is 122 Å². The standard InChI is InChI=1S/C15H17BrN2O/c1-10-4-5-14(11(2)15(10)19-3)18-8-12-6-13(16)9-17-7-12/h4-7,9,18H,8H2,1-3H3. The molecule has 2 aromatic rings. The smallest absolute Gasteiger partial charge is 0.126 e. The average molecular weight is 321 g/mol. The summed E-state index contributed by atoms with van der Waals surface area (Å²) in [4.78, 5) is 4.16. The Bertz CT molecular complexity index is 584. The van der Waals surface area contributed by atoms with E-state index in [4.69, 9.17) is 4.74 Å². The highest BCUT2D eigenvalue weighted by Gasteiger charge is 2.07. The molecule has 0 saturated carbocycles. The van der Waals surface area contributed by atoms with Crippen molar-refractivity contribution < 1.29 is 4.74 Å². The van der Waals surface area contributed by atoms with Crippen LogP contribution in [0.2, 0.25) is 0 Å². The van der Waals surface area contributed by atoms with Gasteiger partial charge in [-0.3, -0.25) is 4.98 Å². The van der Waals surface area contributed by atoms with Crippen molar-refractivity contribution in [3.8, 4) is 5.75 Å². The lowest BCUT2D eigenvalue weighted by Crippen LogP contribution is -2.03. The van der Waals surface area contributed by atoms with E-state index in [1.807, 2.05) is 13.1 Å². The van der Waals surface area contributed by atoms with Gasteiger partial charge >= 0.3 is 0 Å². The quantitative estimate of drug-likeness (QED) is 0.921. The highest BCUT2D eigenvalue weighted by atomic mass is 79.9. The van der Waals surface area contributed by atoms with Gasteiger partial charge in [-0.2, -0.15) is 0 Å². The van der Waals surface area contributed by atoms with Crippen molar-refractivity contribution in [1.29, 1.82) is 0 Å². The van der Waals surface area contributed by atoms with Crippen LogP contribution in [0.25, 0.3) is 0 Å². The molecule has 0 aliphatic rings. The number of halogens is 1. The van der Waals surface area contributed by atoms with Crippen LogP contribution in [0.15, 0.2) is 35.1 Å². The van der Waals surface area contributed by atoms with E-state index in [9.17, 15) is 0 Å². The van der Waals surface area contributed by atoms with Gasteiger partial charge in [-0.25, -0.2) is 0 Å². The summed E-state index contributed by atoms with van der Waals surface area (Å²) in [6.45, 7) is 4.85. The van der Waals surface area contributed by atoms with E-state index < -0.39 is 0 Å². The van der Waals surface area contributed by atoms with E-state index in [-0.39, 0.29) is 0 Å². The van der Waals surface area contributed by atoms with Gasteiger partial charge in [0.15, 0.2) is 0 Å². The summed E-state index contributed by atoms with van der Waals surface area (Å²) in [6, 6.07) is 6.20. The van der Waals surface area contributed by atoms with Gasteiger partial charge in [0, 0.05) is 34.7 Å². The second-order valence-corrected chi connectivity index (χ2v) is 5.37. The predicted molar refractivity (Wildman–Crippen MR) is 81.7 cm³/mol. The highest BCUT2D eigenvalue weighted by Crippen LogP contribution is 2.29. The molecule has 0 fully saturated rings. The van der Waals surface area contributed by atoms with E-state index in [0.717, 1.165) is 39.1 Å². The average Bonchev–Trinajstić information content (AvgIpc) is 2.38. The number of nitrogens with zero attached hydrogens (tertiary/aromatic N) is 1. The number of pyridine rings is 1. The van der Waals surface area contributed by atoms with E-state index in [2.05, 4.69) is 51.4 Å². The van der Waals surface area contributed by atoms with Gasteiger partial charge in [0.25, 0.3) is 0 Å². The first kappa shape index (κ1) is 13.9. The molecular formula is C15H17BrN2O. The minimum absolute atomic E-state index is 0.736. The van der Waals surface area contributed by atoms with Crippen LogP contribution < -0.4 is 10.1 Å². The van der Waals surface area contributed by atoms with Crippen LogP contribution in [0.3, 0.4) is 0 Å². The Hall–Kier alpha value is -1.55. The van der Waals surface area contributed by atoms with E-state index >= 15 is 0 Å². The maximum Gasteiger partial charge on any atom is 0.126 e. The van der Waals surface area contributed by atoms with Gasteiger partial charge in [-0.05, 0) is 53.0 Å². The van der Waals surface area contributed by atoms with Crippen LogP contribution >= 0.6 is 15.9 Å². The molecule has 1 N–H and O–H groups in total. The molecule has 0 spiro atoms.